The van der Waals surface area contributed by atoms with Crippen LogP contribution in [0.4, 0.5) is 0 Å². The molecule has 5 nitrogen and oxygen atoms in total. The molecule has 122 valence electrons. The fourth-order valence-electron chi connectivity index (χ4n) is 2.86. The molecule has 2 atom stereocenters. The first-order valence-corrected chi connectivity index (χ1v) is 7.56. The van der Waals surface area contributed by atoms with Crippen molar-refractivity contribution in [2.24, 2.45) is 0 Å². The Labute approximate surface area is 135 Å². The van der Waals surface area contributed by atoms with Gasteiger partial charge in [-0.2, -0.15) is 0 Å². The first-order valence-electron chi connectivity index (χ1n) is 7.56. The summed E-state index contributed by atoms with van der Waals surface area (Å²) in [7, 11) is 3.39. The van der Waals surface area contributed by atoms with Crippen LogP contribution in [-0.2, 0) is 0 Å². The summed E-state index contributed by atoms with van der Waals surface area (Å²) < 4.78 is 17.2. The summed E-state index contributed by atoms with van der Waals surface area (Å²) in [5.41, 5.74) is -0.355. The molecule has 0 aromatic heterocycles. The Morgan fingerprint density at radius 3 is 2.61 bits per heavy atom. The van der Waals surface area contributed by atoms with Crippen molar-refractivity contribution in [2.45, 2.75) is 11.7 Å². The summed E-state index contributed by atoms with van der Waals surface area (Å²) in [5.74, 6) is 1.95. The van der Waals surface area contributed by atoms with Gasteiger partial charge in [-0.3, -0.25) is 0 Å². The fraction of sp³-hybridized carbons (Fsp3) is 0.333. The van der Waals surface area contributed by atoms with Gasteiger partial charge in [-0.05, 0) is 25.2 Å². The summed E-state index contributed by atoms with van der Waals surface area (Å²) in [6.45, 7) is 0.506. The number of para-hydroxylation sites is 3. The third kappa shape index (κ3) is 2.98. The van der Waals surface area contributed by atoms with Crippen LogP contribution in [-0.4, -0.2) is 38.0 Å². The minimum Gasteiger partial charge on any atom is -0.493 e. The number of hydrogen-bond donors (Lipinski definition) is 2. The molecule has 2 aromatic rings. The van der Waals surface area contributed by atoms with Crippen LogP contribution in [0.1, 0.15) is 11.7 Å². The van der Waals surface area contributed by atoms with Crippen molar-refractivity contribution in [3.63, 3.8) is 0 Å². The third-order valence-electron chi connectivity index (χ3n) is 3.96. The highest BCUT2D eigenvalue weighted by Crippen LogP contribution is 2.42. The lowest BCUT2D eigenvalue weighted by Gasteiger charge is -2.40. The number of methoxy groups -OCH3 is 1. The highest BCUT2D eigenvalue weighted by atomic mass is 16.5. The van der Waals surface area contributed by atoms with E-state index in [2.05, 4.69) is 5.32 Å². The number of aliphatic hydroxyl groups is 1. The summed E-state index contributed by atoms with van der Waals surface area (Å²) in [6, 6.07) is 15.0. The molecule has 0 fully saturated rings. The zero-order valence-electron chi connectivity index (χ0n) is 13.3. The molecule has 0 bridgehead atoms. The third-order valence-corrected chi connectivity index (χ3v) is 3.96. The standard InChI is InChI=1S/C18H21NO4/c1-19-11-18(20)12-22-14-8-4-3-7-13(14)17(18)23-16-10-6-5-9-15(16)21-2/h3-10,17,19-20H,11-12H2,1-2H3. The summed E-state index contributed by atoms with van der Waals surface area (Å²) in [4.78, 5) is 0. The average molecular weight is 315 g/mol. The second-order valence-corrected chi connectivity index (χ2v) is 5.61. The predicted octanol–water partition coefficient (Wildman–Crippen LogP) is 2.16. The van der Waals surface area contributed by atoms with Crippen molar-refractivity contribution in [2.75, 3.05) is 27.3 Å². The highest BCUT2D eigenvalue weighted by molar-refractivity contribution is 5.43. The van der Waals surface area contributed by atoms with Crippen molar-refractivity contribution < 1.29 is 19.3 Å². The second-order valence-electron chi connectivity index (χ2n) is 5.61. The topological polar surface area (TPSA) is 60.0 Å². The van der Waals surface area contributed by atoms with Crippen molar-refractivity contribution >= 4 is 0 Å². The Bertz CT molecular complexity index is 676. The van der Waals surface area contributed by atoms with Gasteiger partial charge < -0.3 is 24.6 Å². The van der Waals surface area contributed by atoms with Crippen molar-refractivity contribution in [3.8, 4) is 17.2 Å². The normalized spacial score (nSPS) is 22.8. The lowest BCUT2D eigenvalue weighted by atomic mass is 9.88. The smallest absolute Gasteiger partial charge is 0.162 e. The minimum atomic E-state index is -1.18. The molecule has 1 aliphatic heterocycles. The Hall–Kier alpha value is -2.24. The van der Waals surface area contributed by atoms with Gasteiger partial charge in [-0.1, -0.05) is 30.3 Å². The van der Waals surface area contributed by atoms with Crippen LogP contribution in [0.3, 0.4) is 0 Å². The number of likely N-dealkylation sites (N-methyl/N-ethyl adjacent to an activating group) is 1. The summed E-state index contributed by atoms with van der Waals surface area (Å²) in [6.07, 6.45) is -0.559. The molecule has 0 spiro atoms. The SMILES string of the molecule is CNCC1(O)COc2ccccc2C1Oc1ccccc1OC. The van der Waals surface area contributed by atoms with E-state index in [0.717, 1.165) is 11.3 Å². The number of nitrogens with one attached hydrogen (secondary N) is 1. The summed E-state index contributed by atoms with van der Waals surface area (Å²) in [5, 5.41) is 14.1. The monoisotopic (exact) mass is 315 g/mol. The van der Waals surface area contributed by atoms with Crippen LogP contribution < -0.4 is 19.5 Å². The quantitative estimate of drug-likeness (QED) is 0.885. The molecular weight excluding hydrogens is 294 g/mol. The molecule has 0 saturated carbocycles. The van der Waals surface area contributed by atoms with Gasteiger partial charge in [-0.15, -0.1) is 0 Å². The number of fused-ring (bicyclic) bond motifs is 1. The predicted molar refractivity (Wildman–Crippen MR) is 87.2 cm³/mol. The zero-order chi connectivity index (χ0) is 16.3. The van der Waals surface area contributed by atoms with Gasteiger partial charge in [0.1, 0.15) is 12.4 Å². The first kappa shape index (κ1) is 15.6. The highest BCUT2D eigenvalue weighted by Gasteiger charge is 2.45. The molecule has 1 aliphatic rings. The number of benzene rings is 2. The van der Waals surface area contributed by atoms with E-state index in [1.54, 1.807) is 14.2 Å². The van der Waals surface area contributed by atoms with E-state index in [9.17, 15) is 5.11 Å². The molecular formula is C18H21NO4. The maximum atomic E-state index is 11.0. The largest absolute Gasteiger partial charge is 0.493 e. The minimum absolute atomic E-state index is 0.157. The Kier molecular flexibility index (Phi) is 4.41. The van der Waals surface area contributed by atoms with Gasteiger partial charge in [0, 0.05) is 12.1 Å². The van der Waals surface area contributed by atoms with Gasteiger partial charge in [0.25, 0.3) is 0 Å². The molecule has 3 rings (SSSR count). The molecule has 2 N–H and O–H groups in total. The first-order chi connectivity index (χ1) is 11.2. The second kappa shape index (κ2) is 6.48. The van der Waals surface area contributed by atoms with E-state index in [-0.39, 0.29) is 6.61 Å². The van der Waals surface area contributed by atoms with Crippen LogP contribution in [0.5, 0.6) is 17.2 Å². The van der Waals surface area contributed by atoms with Crippen molar-refractivity contribution in [3.05, 3.63) is 54.1 Å². The van der Waals surface area contributed by atoms with Crippen LogP contribution in [0, 0.1) is 0 Å². The van der Waals surface area contributed by atoms with E-state index in [1.807, 2.05) is 48.5 Å². The number of hydrogen-bond acceptors (Lipinski definition) is 5. The Morgan fingerprint density at radius 2 is 1.87 bits per heavy atom. The fourth-order valence-corrected chi connectivity index (χ4v) is 2.86. The van der Waals surface area contributed by atoms with Crippen LogP contribution >= 0.6 is 0 Å². The number of rotatable bonds is 5. The molecule has 0 aliphatic carbocycles. The van der Waals surface area contributed by atoms with E-state index >= 15 is 0 Å². The maximum absolute atomic E-state index is 11.0. The van der Waals surface area contributed by atoms with E-state index < -0.39 is 11.7 Å². The van der Waals surface area contributed by atoms with Crippen molar-refractivity contribution in [1.29, 1.82) is 0 Å². The van der Waals surface area contributed by atoms with Crippen molar-refractivity contribution in [1.82, 2.24) is 5.32 Å². The van der Waals surface area contributed by atoms with Gasteiger partial charge in [-0.25, -0.2) is 0 Å². The van der Waals surface area contributed by atoms with E-state index in [0.29, 0.717) is 18.0 Å². The Balaban J connectivity index is 2.01. The van der Waals surface area contributed by atoms with E-state index in [4.69, 9.17) is 14.2 Å². The lowest BCUT2D eigenvalue weighted by molar-refractivity contribution is -0.101. The van der Waals surface area contributed by atoms with E-state index in [1.165, 1.54) is 0 Å². The molecule has 0 saturated heterocycles. The Morgan fingerprint density at radius 1 is 1.17 bits per heavy atom. The molecule has 1 heterocycles. The van der Waals surface area contributed by atoms with Gasteiger partial charge in [0.15, 0.2) is 23.2 Å². The van der Waals surface area contributed by atoms with Crippen LogP contribution in [0.25, 0.3) is 0 Å². The summed E-state index contributed by atoms with van der Waals surface area (Å²) >= 11 is 0. The van der Waals surface area contributed by atoms with Crippen LogP contribution in [0.15, 0.2) is 48.5 Å². The van der Waals surface area contributed by atoms with Gasteiger partial charge in [0.2, 0.25) is 0 Å². The molecule has 0 radical (unpaired) electrons. The lowest BCUT2D eigenvalue weighted by Crippen LogP contribution is -2.53. The average Bonchev–Trinajstić information content (AvgIpc) is 2.58. The number of ether oxygens (including phenoxy) is 3. The van der Waals surface area contributed by atoms with Gasteiger partial charge in [0.05, 0.1) is 7.11 Å². The van der Waals surface area contributed by atoms with Crippen LogP contribution in [0.2, 0.25) is 0 Å². The molecule has 23 heavy (non-hydrogen) atoms. The molecule has 5 heteroatoms. The molecule has 2 unspecified atom stereocenters. The maximum Gasteiger partial charge on any atom is 0.162 e. The zero-order valence-corrected chi connectivity index (χ0v) is 13.3. The van der Waals surface area contributed by atoms with Gasteiger partial charge >= 0.3 is 0 Å². The molecule has 2 aromatic carbocycles. The molecule has 0 amide bonds.